The van der Waals surface area contributed by atoms with Crippen LogP contribution in [-0.4, -0.2) is 83.6 Å². The summed E-state index contributed by atoms with van der Waals surface area (Å²) in [4.78, 5) is 13.8. The number of aliphatic hydroxyl groups is 1. The van der Waals surface area contributed by atoms with Crippen LogP contribution in [0.25, 0.3) is 0 Å². The third-order valence-electron chi connectivity index (χ3n) is 15.5. The molecule has 4 aliphatic rings. The van der Waals surface area contributed by atoms with Gasteiger partial charge < -0.3 is 42.7 Å². The van der Waals surface area contributed by atoms with Gasteiger partial charge in [0.15, 0.2) is 14.6 Å². The normalized spacial score (nSPS) is 29.2. The van der Waals surface area contributed by atoms with Gasteiger partial charge in [0.1, 0.15) is 35.9 Å². The Morgan fingerprint density at radius 3 is 2.00 bits per heavy atom. The SMILES string of the molecule is CC[Si](CC)(CC)O[C@@H]1[C@@H](OCc2ccc(OC)cc2)[C@H](O[C@H]2C=C(CO)[C@H](OC(=O)c3ccccc3)C[C@@H]3C4=C(C(C)C)CC[C@]4(C)CC[C@@]23C)OC[C@H]1OCc1ccc(OC)cc1. The minimum atomic E-state index is -2.28. The molecule has 9 atom stereocenters. The van der Waals surface area contributed by atoms with E-state index in [1.54, 1.807) is 26.4 Å². The van der Waals surface area contributed by atoms with Crippen molar-refractivity contribution in [2.45, 2.75) is 149 Å². The summed E-state index contributed by atoms with van der Waals surface area (Å²) in [6.45, 7) is 16.7. The van der Waals surface area contributed by atoms with E-state index in [-0.39, 0.29) is 31.2 Å². The number of allylic oxidation sites excluding steroid dienone is 2. The van der Waals surface area contributed by atoms with Crippen LogP contribution in [-0.2, 0) is 41.3 Å². The highest BCUT2D eigenvalue weighted by molar-refractivity contribution is 6.73. The van der Waals surface area contributed by atoms with Crippen molar-refractivity contribution >= 4 is 14.3 Å². The fourth-order valence-corrected chi connectivity index (χ4v) is 13.9. The summed E-state index contributed by atoms with van der Waals surface area (Å²) < 4.78 is 53.1. The van der Waals surface area contributed by atoms with E-state index in [4.69, 9.17) is 37.6 Å². The van der Waals surface area contributed by atoms with Gasteiger partial charge in [-0.05, 0) is 121 Å². The zero-order chi connectivity index (χ0) is 46.4. The molecule has 3 aromatic carbocycles. The molecule has 1 heterocycles. The minimum absolute atomic E-state index is 0.00948. The van der Waals surface area contributed by atoms with E-state index < -0.39 is 56.5 Å². The maximum absolute atomic E-state index is 13.8. The number of rotatable bonds is 19. The lowest BCUT2D eigenvalue weighted by molar-refractivity contribution is -0.304. The number of ether oxygens (including phenoxy) is 7. The molecular formula is C54H74O10Si. The van der Waals surface area contributed by atoms with Crippen LogP contribution in [0.5, 0.6) is 11.5 Å². The zero-order valence-corrected chi connectivity index (χ0v) is 41.3. The van der Waals surface area contributed by atoms with Gasteiger partial charge in [-0.3, -0.25) is 0 Å². The van der Waals surface area contributed by atoms with Crippen LogP contribution in [0.15, 0.2) is 102 Å². The summed E-state index contributed by atoms with van der Waals surface area (Å²) >= 11 is 0. The minimum Gasteiger partial charge on any atom is -0.497 e. The van der Waals surface area contributed by atoms with Gasteiger partial charge in [-0.2, -0.15) is 0 Å². The average Bonchev–Trinajstić information content (AvgIpc) is 3.65. The summed E-state index contributed by atoms with van der Waals surface area (Å²) in [5.74, 6) is 1.53. The van der Waals surface area contributed by atoms with Crippen LogP contribution in [0.3, 0.4) is 0 Å². The first-order chi connectivity index (χ1) is 31.3. The van der Waals surface area contributed by atoms with Crippen molar-refractivity contribution in [3.05, 3.63) is 118 Å². The molecule has 7 rings (SSSR count). The van der Waals surface area contributed by atoms with Crippen LogP contribution in [0, 0.1) is 22.7 Å². The topological polar surface area (TPSA) is 111 Å². The van der Waals surface area contributed by atoms with Gasteiger partial charge in [0.05, 0.1) is 52.3 Å². The second-order valence-electron chi connectivity index (χ2n) is 19.5. The quantitative estimate of drug-likeness (QED) is 0.0709. The number of carbonyl (C=O) groups is 1. The van der Waals surface area contributed by atoms with E-state index in [1.807, 2.05) is 72.8 Å². The highest BCUT2D eigenvalue weighted by Crippen LogP contribution is 2.64. The Balaban J connectivity index is 1.30. The molecule has 1 saturated carbocycles. The van der Waals surface area contributed by atoms with Crippen molar-refractivity contribution in [1.82, 2.24) is 0 Å². The summed E-state index contributed by atoms with van der Waals surface area (Å²) in [6, 6.07) is 27.8. The van der Waals surface area contributed by atoms with Gasteiger partial charge in [-0.25, -0.2) is 4.79 Å². The standard InChI is InChI=1S/C54H74O10Si/c1-10-65(11-2,12-3)64-49-46(59-33-37-18-22-41(57-8)23-19-37)35-61-52(50(49)60-34-38-20-24-42(58-9)25-21-38)63-47-30-40(32-55)45(62-51(56)39-16-14-13-15-17-39)31-44-48-43(36(4)5)26-27-53(48,6)28-29-54(44,47)7/h13-25,30,36,44-47,49-50,52,55H,10-12,26-29,31-35H2,1-9H3/t44-,45-,46-,47+,49+,50-,52+,53-,54-/m1/s1. The Labute approximate surface area is 389 Å². The van der Waals surface area contributed by atoms with Gasteiger partial charge in [0.2, 0.25) is 0 Å². The predicted octanol–water partition coefficient (Wildman–Crippen LogP) is 11.0. The van der Waals surface area contributed by atoms with E-state index in [0.29, 0.717) is 30.1 Å². The van der Waals surface area contributed by atoms with Gasteiger partial charge in [-0.15, -0.1) is 0 Å². The van der Waals surface area contributed by atoms with E-state index >= 15 is 0 Å². The molecule has 11 heteroatoms. The van der Waals surface area contributed by atoms with Gasteiger partial charge >= 0.3 is 5.97 Å². The third kappa shape index (κ3) is 10.7. The molecule has 1 N–H and O–H groups in total. The smallest absolute Gasteiger partial charge is 0.338 e. The van der Waals surface area contributed by atoms with Crippen LogP contribution >= 0.6 is 0 Å². The Bertz CT molecular complexity index is 2070. The highest BCUT2D eigenvalue weighted by Gasteiger charge is 2.58. The lowest BCUT2D eigenvalue weighted by Crippen LogP contribution is -2.61. The Hall–Kier alpha value is -3.81. The fourth-order valence-electron chi connectivity index (χ4n) is 11.0. The first kappa shape index (κ1) is 49.1. The Kier molecular flexibility index (Phi) is 16.2. The van der Waals surface area contributed by atoms with E-state index in [0.717, 1.165) is 66.4 Å². The number of carbonyl (C=O) groups excluding carboxylic acids is 1. The first-order valence-electron chi connectivity index (χ1n) is 24.1. The molecule has 65 heavy (non-hydrogen) atoms. The molecule has 10 nitrogen and oxygen atoms in total. The molecule has 0 unspecified atom stereocenters. The molecule has 1 saturated heterocycles. The second-order valence-corrected chi connectivity index (χ2v) is 24.2. The third-order valence-corrected chi connectivity index (χ3v) is 20.2. The monoisotopic (exact) mass is 911 g/mol. The molecule has 354 valence electrons. The summed E-state index contributed by atoms with van der Waals surface area (Å²) in [5, 5.41) is 11.2. The van der Waals surface area contributed by atoms with Gasteiger partial charge in [-0.1, -0.05) is 108 Å². The number of fused-ring (bicyclic) bond motifs is 3. The maximum atomic E-state index is 13.8. The number of aliphatic hydroxyl groups excluding tert-OH is 1. The number of hydrogen-bond acceptors (Lipinski definition) is 10. The van der Waals surface area contributed by atoms with Crippen LogP contribution in [0.1, 0.15) is 102 Å². The number of methoxy groups -OCH3 is 2. The average molecular weight is 911 g/mol. The molecular weight excluding hydrogens is 837 g/mol. The Morgan fingerprint density at radius 2 is 1.43 bits per heavy atom. The molecule has 0 amide bonds. The lowest BCUT2D eigenvalue weighted by Gasteiger charge is -2.53. The first-order valence-corrected chi connectivity index (χ1v) is 26.6. The Morgan fingerprint density at radius 1 is 0.815 bits per heavy atom. The molecule has 0 spiro atoms. The van der Waals surface area contributed by atoms with Crippen molar-refractivity contribution in [3.8, 4) is 11.5 Å². The maximum Gasteiger partial charge on any atom is 0.338 e. The molecule has 2 fully saturated rings. The van der Waals surface area contributed by atoms with Crippen molar-refractivity contribution < 1.29 is 47.5 Å². The summed E-state index contributed by atoms with van der Waals surface area (Å²) in [7, 11) is 1.05. The van der Waals surface area contributed by atoms with Crippen LogP contribution in [0.4, 0.5) is 0 Å². The van der Waals surface area contributed by atoms with E-state index in [1.165, 1.54) is 11.1 Å². The van der Waals surface area contributed by atoms with Crippen molar-refractivity contribution in [2.24, 2.45) is 22.7 Å². The largest absolute Gasteiger partial charge is 0.497 e. The second kappa shape index (κ2) is 21.4. The van der Waals surface area contributed by atoms with E-state index in [9.17, 15) is 9.90 Å². The van der Waals surface area contributed by atoms with Gasteiger partial charge in [0, 0.05) is 5.41 Å². The molecule has 0 aromatic heterocycles. The van der Waals surface area contributed by atoms with Crippen molar-refractivity contribution in [3.63, 3.8) is 0 Å². The van der Waals surface area contributed by atoms with Crippen molar-refractivity contribution in [1.29, 1.82) is 0 Å². The molecule has 0 radical (unpaired) electrons. The molecule has 3 aromatic rings. The molecule has 3 aliphatic carbocycles. The lowest BCUT2D eigenvalue weighted by atomic mass is 9.54. The number of hydrogen-bond donors (Lipinski definition) is 1. The van der Waals surface area contributed by atoms with E-state index in [2.05, 4.69) is 48.5 Å². The highest BCUT2D eigenvalue weighted by atomic mass is 28.4. The fraction of sp³-hybridized carbons (Fsp3) is 0.574. The number of esters is 1. The number of benzene rings is 3. The van der Waals surface area contributed by atoms with Crippen LogP contribution < -0.4 is 9.47 Å². The zero-order valence-electron chi connectivity index (χ0n) is 40.3. The van der Waals surface area contributed by atoms with Crippen LogP contribution in [0.2, 0.25) is 18.1 Å². The molecule has 0 bridgehead atoms. The summed E-state index contributed by atoms with van der Waals surface area (Å²) in [6.07, 6.45) is 2.97. The molecule has 1 aliphatic heterocycles. The summed E-state index contributed by atoms with van der Waals surface area (Å²) in [5.41, 5.74) is 5.67. The predicted molar refractivity (Wildman–Crippen MR) is 255 cm³/mol. The van der Waals surface area contributed by atoms with Gasteiger partial charge in [0.25, 0.3) is 0 Å². The van der Waals surface area contributed by atoms with Crippen molar-refractivity contribution in [2.75, 3.05) is 27.4 Å².